The summed E-state index contributed by atoms with van der Waals surface area (Å²) in [6, 6.07) is 0.775. The van der Waals surface area contributed by atoms with E-state index in [-0.39, 0.29) is 0 Å². The van der Waals surface area contributed by atoms with Gasteiger partial charge in [0.25, 0.3) is 0 Å². The highest BCUT2D eigenvalue weighted by molar-refractivity contribution is 7.18. The summed E-state index contributed by atoms with van der Waals surface area (Å²) in [5.74, 6) is 1.13. The van der Waals surface area contributed by atoms with Crippen molar-refractivity contribution in [3.8, 4) is 0 Å². The van der Waals surface area contributed by atoms with Gasteiger partial charge < -0.3 is 4.90 Å². The van der Waals surface area contributed by atoms with Crippen LogP contribution in [0.2, 0.25) is 0 Å². The van der Waals surface area contributed by atoms with Crippen molar-refractivity contribution in [1.29, 1.82) is 0 Å². The molecule has 4 heterocycles. The van der Waals surface area contributed by atoms with Crippen LogP contribution in [0.5, 0.6) is 0 Å². The smallest absolute Gasteiger partial charge is 0.236 e. The Hall–Kier alpha value is -1.57. The lowest BCUT2D eigenvalue weighted by molar-refractivity contribution is -0.134. The van der Waals surface area contributed by atoms with Gasteiger partial charge in [-0.1, -0.05) is 12.8 Å². The first-order chi connectivity index (χ1) is 13.7. The molecule has 2 aromatic rings. The molecule has 2 fully saturated rings. The normalized spacial score (nSPS) is 22.1. The van der Waals surface area contributed by atoms with E-state index in [1.807, 2.05) is 13.1 Å². The van der Waals surface area contributed by atoms with E-state index in [9.17, 15) is 4.79 Å². The zero-order valence-electron chi connectivity index (χ0n) is 16.7. The minimum absolute atomic E-state index is 0.297. The fourth-order valence-electron chi connectivity index (χ4n) is 5.05. The fourth-order valence-corrected chi connectivity index (χ4v) is 6.33. The van der Waals surface area contributed by atoms with Crippen LogP contribution in [0.4, 0.5) is 0 Å². The van der Waals surface area contributed by atoms with Gasteiger partial charge in [0.1, 0.15) is 10.7 Å². The Kier molecular flexibility index (Phi) is 5.07. The van der Waals surface area contributed by atoms with E-state index >= 15 is 0 Å². The van der Waals surface area contributed by atoms with Gasteiger partial charge in [-0.15, -0.1) is 11.3 Å². The summed E-state index contributed by atoms with van der Waals surface area (Å²) < 4.78 is 0. The summed E-state index contributed by atoms with van der Waals surface area (Å²) in [5, 5.41) is 1.21. The molecular weight excluding hydrogens is 370 g/mol. The standard InChI is InChI=1S/C21H29N5OS/c1-15-22-12-18-17-6-7-24(13-19(17)28-21(18)23-15)14-20(27)26-10-8-25(9-11-26)16-4-2-3-5-16/h12,16H,2-11,13-14H2,1H3. The van der Waals surface area contributed by atoms with E-state index < -0.39 is 0 Å². The molecule has 0 spiro atoms. The van der Waals surface area contributed by atoms with Crippen molar-refractivity contribution in [2.75, 3.05) is 39.3 Å². The Morgan fingerprint density at radius 2 is 1.96 bits per heavy atom. The first-order valence-corrected chi connectivity index (χ1v) is 11.5. The van der Waals surface area contributed by atoms with Crippen molar-refractivity contribution < 1.29 is 4.79 Å². The first kappa shape index (κ1) is 18.5. The molecule has 2 aromatic heterocycles. The van der Waals surface area contributed by atoms with Gasteiger partial charge in [0.15, 0.2) is 0 Å². The van der Waals surface area contributed by atoms with Gasteiger partial charge in [-0.2, -0.15) is 0 Å². The average Bonchev–Trinajstić information content (AvgIpc) is 3.35. The van der Waals surface area contributed by atoms with Crippen LogP contribution in [-0.4, -0.2) is 75.9 Å². The molecule has 3 aliphatic rings. The highest BCUT2D eigenvalue weighted by Gasteiger charge is 2.29. The van der Waals surface area contributed by atoms with Crippen LogP contribution in [0.15, 0.2) is 6.20 Å². The number of carbonyl (C=O) groups is 1. The van der Waals surface area contributed by atoms with Gasteiger partial charge >= 0.3 is 0 Å². The summed E-state index contributed by atoms with van der Waals surface area (Å²) in [4.78, 5) is 31.3. The Morgan fingerprint density at radius 1 is 1.18 bits per heavy atom. The van der Waals surface area contributed by atoms with Crippen molar-refractivity contribution in [2.45, 2.75) is 51.6 Å². The molecule has 1 saturated heterocycles. The third-order valence-corrected chi connectivity index (χ3v) is 7.79. The number of aromatic nitrogens is 2. The second-order valence-corrected chi connectivity index (χ2v) is 9.54. The minimum Gasteiger partial charge on any atom is -0.339 e. The molecule has 0 aromatic carbocycles. The fraction of sp³-hybridized carbons (Fsp3) is 0.667. The Balaban J connectivity index is 1.18. The number of hydrogen-bond acceptors (Lipinski definition) is 6. The summed E-state index contributed by atoms with van der Waals surface area (Å²) in [7, 11) is 0. The molecule has 0 bridgehead atoms. The second-order valence-electron chi connectivity index (χ2n) is 8.46. The predicted molar refractivity (Wildman–Crippen MR) is 112 cm³/mol. The maximum absolute atomic E-state index is 12.9. The number of carbonyl (C=O) groups excluding carboxylic acids is 1. The van der Waals surface area contributed by atoms with Crippen LogP contribution >= 0.6 is 11.3 Å². The van der Waals surface area contributed by atoms with Crippen molar-refractivity contribution in [3.63, 3.8) is 0 Å². The summed E-state index contributed by atoms with van der Waals surface area (Å²) in [6.07, 6.45) is 8.42. The number of hydrogen-bond donors (Lipinski definition) is 0. The summed E-state index contributed by atoms with van der Waals surface area (Å²) in [5.41, 5.74) is 1.40. The van der Waals surface area contributed by atoms with Gasteiger partial charge in [0.05, 0.1) is 6.54 Å². The number of aryl methyl sites for hydroxylation is 1. The monoisotopic (exact) mass is 399 g/mol. The van der Waals surface area contributed by atoms with Crippen LogP contribution in [0.1, 0.15) is 41.9 Å². The van der Waals surface area contributed by atoms with Crippen molar-refractivity contribution in [2.24, 2.45) is 0 Å². The minimum atomic E-state index is 0.297. The molecule has 0 N–H and O–H groups in total. The SMILES string of the molecule is Cc1ncc2c3c(sc2n1)CN(CC(=O)N1CCN(C2CCCC2)CC1)CC3. The molecule has 0 unspecified atom stereocenters. The van der Waals surface area contributed by atoms with E-state index in [0.29, 0.717) is 12.5 Å². The largest absolute Gasteiger partial charge is 0.339 e. The van der Waals surface area contributed by atoms with E-state index in [0.717, 1.165) is 62.4 Å². The molecule has 1 amide bonds. The molecule has 1 saturated carbocycles. The highest BCUT2D eigenvalue weighted by Crippen LogP contribution is 2.33. The van der Waals surface area contributed by atoms with Gasteiger partial charge in [-0.05, 0) is 31.7 Å². The first-order valence-electron chi connectivity index (χ1n) is 10.7. The topological polar surface area (TPSA) is 52.6 Å². The lowest BCUT2D eigenvalue weighted by Crippen LogP contribution is -2.53. The van der Waals surface area contributed by atoms with Crippen molar-refractivity contribution in [3.05, 3.63) is 22.5 Å². The Labute approximate surface area is 170 Å². The number of thiophene rings is 1. The van der Waals surface area contributed by atoms with Gasteiger partial charge in [0.2, 0.25) is 5.91 Å². The van der Waals surface area contributed by atoms with Crippen LogP contribution < -0.4 is 0 Å². The number of fused-ring (bicyclic) bond motifs is 3. The maximum atomic E-state index is 12.9. The Morgan fingerprint density at radius 3 is 2.75 bits per heavy atom. The van der Waals surface area contributed by atoms with Gasteiger partial charge in [-0.3, -0.25) is 14.6 Å². The quantitative estimate of drug-likeness (QED) is 0.794. The van der Waals surface area contributed by atoms with Gasteiger partial charge in [-0.25, -0.2) is 9.97 Å². The van der Waals surface area contributed by atoms with Crippen LogP contribution in [-0.2, 0) is 17.8 Å². The maximum Gasteiger partial charge on any atom is 0.236 e. The zero-order chi connectivity index (χ0) is 19.1. The average molecular weight is 400 g/mol. The highest BCUT2D eigenvalue weighted by atomic mass is 32.1. The van der Waals surface area contributed by atoms with E-state index in [1.165, 1.54) is 41.5 Å². The van der Waals surface area contributed by atoms with E-state index in [1.54, 1.807) is 11.3 Å². The van der Waals surface area contributed by atoms with Crippen LogP contribution in [0, 0.1) is 6.92 Å². The number of rotatable bonds is 3. The molecule has 5 rings (SSSR count). The predicted octanol–water partition coefficient (Wildman–Crippen LogP) is 2.44. The lowest BCUT2D eigenvalue weighted by Gasteiger charge is -2.39. The molecule has 28 heavy (non-hydrogen) atoms. The molecule has 1 aliphatic carbocycles. The number of piperazine rings is 1. The Bertz CT molecular complexity index is 867. The summed E-state index contributed by atoms with van der Waals surface area (Å²) in [6.45, 7) is 8.18. The molecule has 150 valence electrons. The van der Waals surface area contributed by atoms with Crippen molar-refractivity contribution in [1.82, 2.24) is 24.7 Å². The van der Waals surface area contributed by atoms with E-state index in [4.69, 9.17) is 0 Å². The third-order valence-electron chi connectivity index (χ3n) is 6.67. The third kappa shape index (κ3) is 3.55. The molecular formula is C21H29N5OS. The second kappa shape index (κ2) is 7.69. The zero-order valence-corrected chi connectivity index (χ0v) is 17.5. The van der Waals surface area contributed by atoms with Crippen LogP contribution in [0.25, 0.3) is 10.2 Å². The molecule has 0 radical (unpaired) electrons. The number of amides is 1. The molecule has 0 atom stereocenters. The molecule has 2 aliphatic heterocycles. The molecule has 6 nitrogen and oxygen atoms in total. The van der Waals surface area contributed by atoms with Crippen molar-refractivity contribution >= 4 is 27.5 Å². The number of nitrogens with zero attached hydrogens (tertiary/aromatic N) is 5. The lowest BCUT2D eigenvalue weighted by atomic mass is 10.1. The summed E-state index contributed by atoms with van der Waals surface area (Å²) >= 11 is 1.77. The van der Waals surface area contributed by atoms with E-state index in [2.05, 4.69) is 24.7 Å². The molecule has 7 heteroatoms. The van der Waals surface area contributed by atoms with Gasteiger partial charge in [0, 0.05) is 61.8 Å². The van der Waals surface area contributed by atoms with Crippen LogP contribution in [0.3, 0.4) is 0 Å².